The highest BCUT2D eigenvalue weighted by molar-refractivity contribution is 7.37. The van der Waals surface area contributed by atoms with Gasteiger partial charge in [0.25, 0.3) is 0 Å². The van der Waals surface area contributed by atoms with Crippen molar-refractivity contribution in [2.24, 2.45) is 0 Å². The first-order valence-electron chi connectivity index (χ1n) is 8.75. The van der Waals surface area contributed by atoms with E-state index in [1.54, 1.807) is 0 Å². The predicted octanol–water partition coefficient (Wildman–Crippen LogP) is 6.11. The molecule has 0 saturated heterocycles. The lowest BCUT2D eigenvalue weighted by Crippen LogP contribution is -2.30. The largest absolute Gasteiger partial charge is 0.122 e. The molecule has 0 saturated carbocycles. The molecule has 0 heterocycles. The van der Waals surface area contributed by atoms with Crippen molar-refractivity contribution in [3.8, 4) is 0 Å². The first-order chi connectivity index (χ1) is 11.9. The summed E-state index contributed by atoms with van der Waals surface area (Å²) in [4.78, 5) is 0. The predicted molar refractivity (Wildman–Crippen MR) is 108 cm³/mol. The van der Waals surface area contributed by atoms with E-state index in [4.69, 9.17) is 0 Å². The van der Waals surface area contributed by atoms with Crippen molar-refractivity contribution >= 4 is 8.58 Å². The normalized spacial score (nSPS) is 11.9. The number of rotatable bonds is 7. The molecule has 0 aliphatic heterocycles. The summed E-state index contributed by atoms with van der Waals surface area (Å²) in [5.41, 5.74) is 4.11. The van der Waals surface area contributed by atoms with E-state index in [0.717, 1.165) is 15.0 Å². The Kier molecular flexibility index (Phi) is 5.83. The summed E-state index contributed by atoms with van der Waals surface area (Å²) in [5, 5.41) is 0. The topological polar surface area (TPSA) is 0 Å². The Balaban J connectivity index is 2.20. The number of hydrogen-bond acceptors (Lipinski definition) is 0. The highest BCUT2D eigenvalue weighted by atomic mass is 31.1. The molecule has 24 heavy (non-hydrogen) atoms. The fourth-order valence-corrected chi connectivity index (χ4v) is 4.46. The Bertz CT molecular complexity index is 623. The third kappa shape index (κ3) is 3.45. The zero-order chi connectivity index (χ0) is 16.7. The first-order valence-corrected chi connectivity index (χ1v) is 10.2. The van der Waals surface area contributed by atoms with Crippen molar-refractivity contribution in [2.75, 3.05) is 12.3 Å². The molecule has 0 aliphatic rings. The van der Waals surface area contributed by atoms with Gasteiger partial charge in [-0.2, -0.15) is 0 Å². The third-order valence-electron chi connectivity index (χ3n) is 4.73. The quantitative estimate of drug-likeness (QED) is 0.278. The first kappa shape index (κ1) is 16.9. The summed E-state index contributed by atoms with van der Waals surface area (Å²) < 4.78 is 0. The van der Waals surface area contributed by atoms with Crippen LogP contribution >= 0.6 is 8.58 Å². The summed E-state index contributed by atoms with van der Waals surface area (Å²) in [7, 11) is 1.02. The van der Waals surface area contributed by atoms with Gasteiger partial charge in [-0.25, -0.2) is 0 Å². The van der Waals surface area contributed by atoms with Gasteiger partial charge in [-0.3, -0.25) is 0 Å². The average Bonchev–Trinajstić information content (AvgIpc) is 2.68. The smallest absolute Gasteiger partial charge is 0.0454 e. The van der Waals surface area contributed by atoms with Crippen LogP contribution in [0.1, 0.15) is 30.0 Å². The molecule has 0 fully saturated rings. The molecule has 122 valence electrons. The van der Waals surface area contributed by atoms with Gasteiger partial charge in [-0.1, -0.05) is 97.9 Å². The van der Waals surface area contributed by atoms with Crippen molar-refractivity contribution in [1.29, 1.82) is 0 Å². The Morgan fingerprint density at radius 3 is 1.33 bits per heavy atom. The second-order valence-electron chi connectivity index (χ2n) is 6.11. The van der Waals surface area contributed by atoms with E-state index in [0.29, 0.717) is 0 Å². The maximum atomic E-state index is 2.29. The molecule has 1 heteroatoms. The molecule has 1 atom stereocenters. The summed E-state index contributed by atoms with van der Waals surface area (Å²) in [5.74, 6) is 0. The maximum Gasteiger partial charge on any atom is 0.0454 e. The molecule has 0 bridgehead atoms. The fourth-order valence-electron chi connectivity index (χ4n) is 3.55. The highest BCUT2D eigenvalue weighted by Gasteiger charge is 2.35. The van der Waals surface area contributed by atoms with E-state index >= 15 is 0 Å². The standard InChI is InChI=1S/C23H25P/c1-2-24-19-18-23(20-12-6-3-7-13-20,21-14-8-4-9-15-21)22-16-10-5-11-17-22/h3-17,24H,2,18-19H2,1H3. The molecular formula is C23H25P. The molecule has 3 rings (SSSR count). The van der Waals surface area contributed by atoms with E-state index in [-0.39, 0.29) is 5.41 Å². The van der Waals surface area contributed by atoms with Crippen LogP contribution in [-0.4, -0.2) is 12.3 Å². The van der Waals surface area contributed by atoms with Crippen molar-refractivity contribution in [1.82, 2.24) is 0 Å². The van der Waals surface area contributed by atoms with Gasteiger partial charge < -0.3 is 0 Å². The lowest BCUT2D eigenvalue weighted by Gasteiger charge is -2.36. The van der Waals surface area contributed by atoms with Crippen LogP contribution in [0.15, 0.2) is 91.0 Å². The van der Waals surface area contributed by atoms with Crippen molar-refractivity contribution in [3.05, 3.63) is 108 Å². The van der Waals surface area contributed by atoms with Crippen LogP contribution in [0, 0.1) is 0 Å². The third-order valence-corrected chi connectivity index (χ3v) is 5.83. The second kappa shape index (κ2) is 8.27. The highest BCUT2D eigenvalue weighted by Crippen LogP contribution is 2.43. The van der Waals surface area contributed by atoms with Gasteiger partial charge in [0, 0.05) is 5.41 Å². The minimum absolute atomic E-state index is 0.0635. The van der Waals surface area contributed by atoms with Crippen LogP contribution in [0.4, 0.5) is 0 Å². The van der Waals surface area contributed by atoms with E-state index < -0.39 is 0 Å². The minimum Gasteiger partial charge on any atom is -0.122 e. The lowest BCUT2D eigenvalue weighted by molar-refractivity contribution is 0.598. The zero-order valence-corrected chi connectivity index (χ0v) is 15.3. The van der Waals surface area contributed by atoms with Crippen LogP contribution in [0.25, 0.3) is 0 Å². The van der Waals surface area contributed by atoms with E-state index in [1.165, 1.54) is 29.0 Å². The Morgan fingerprint density at radius 2 is 1.00 bits per heavy atom. The molecule has 0 aliphatic carbocycles. The minimum atomic E-state index is -0.0635. The molecule has 0 N–H and O–H groups in total. The summed E-state index contributed by atoms with van der Waals surface area (Å²) in [6, 6.07) is 33.0. The second-order valence-corrected chi connectivity index (χ2v) is 7.81. The summed E-state index contributed by atoms with van der Waals surface area (Å²) >= 11 is 0. The van der Waals surface area contributed by atoms with Gasteiger partial charge in [0.15, 0.2) is 0 Å². The molecule has 0 radical (unpaired) electrons. The average molecular weight is 332 g/mol. The summed E-state index contributed by atoms with van der Waals surface area (Å²) in [6.07, 6.45) is 3.68. The van der Waals surface area contributed by atoms with Gasteiger partial charge in [-0.05, 0) is 35.4 Å². The van der Waals surface area contributed by atoms with Gasteiger partial charge >= 0.3 is 0 Å². The molecule has 3 aromatic carbocycles. The van der Waals surface area contributed by atoms with Crippen molar-refractivity contribution in [3.63, 3.8) is 0 Å². The van der Waals surface area contributed by atoms with Gasteiger partial charge in [0.05, 0.1) is 0 Å². The van der Waals surface area contributed by atoms with Gasteiger partial charge in [0.2, 0.25) is 0 Å². The van der Waals surface area contributed by atoms with E-state index in [9.17, 15) is 0 Å². The lowest BCUT2D eigenvalue weighted by atomic mass is 9.68. The number of hydrogen-bond donors (Lipinski definition) is 0. The Morgan fingerprint density at radius 1 is 0.625 bits per heavy atom. The maximum absolute atomic E-state index is 2.29. The van der Waals surface area contributed by atoms with Crippen LogP contribution in [0.3, 0.4) is 0 Å². The number of benzene rings is 3. The van der Waals surface area contributed by atoms with Crippen LogP contribution in [0.2, 0.25) is 0 Å². The monoisotopic (exact) mass is 332 g/mol. The molecule has 0 spiro atoms. The molecule has 3 aromatic rings. The van der Waals surface area contributed by atoms with Crippen molar-refractivity contribution in [2.45, 2.75) is 18.8 Å². The molecule has 0 aromatic heterocycles. The van der Waals surface area contributed by atoms with Crippen LogP contribution in [-0.2, 0) is 5.41 Å². The molecule has 0 nitrogen and oxygen atoms in total. The Labute approximate surface area is 147 Å². The molecular weight excluding hydrogens is 307 g/mol. The van der Waals surface area contributed by atoms with Crippen LogP contribution in [0.5, 0.6) is 0 Å². The van der Waals surface area contributed by atoms with Gasteiger partial charge in [-0.15, -0.1) is 8.58 Å². The van der Waals surface area contributed by atoms with Crippen LogP contribution < -0.4 is 0 Å². The fraction of sp³-hybridized carbons (Fsp3) is 0.217. The van der Waals surface area contributed by atoms with Gasteiger partial charge in [0.1, 0.15) is 0 Å². The summed E-state index contributed by atoms with van der Waals surface area (Å²) in [6.45, 7) is 2.29. The molecule has 1 unspecified atom stereocenters. The van der Waals surface area contributed by atoms with E-state index in [2.05, 4.69) is 97.9 Å². The zero-order valence-electron chi connectivity index (χ0n) is 14.3. The SMILES string of the molecule is CCPCCC(c1ccccc1)(c1ccccc1)c1ccccc1. The van der Waals surface area contributed by atoms with Crippen molar-refractivity contribution < 1.29 is 0 Å². The van der Waals surface area contributed by atoms with E-state index in [1.807, 2.05) is 0 Å². The molecule has 0 amide bonds. The Hall–Kier alpha value is -1.91.